The van der Waals surface area contributed by atoms with Crippen LogP contribution in [-0.2, 0) is 9.84 Å². The van der Waals surface area contributed by atoms with Gasteiger partial charge in [0.1, 0.15) is 11.6 Å². The van der Waals surface area contributed by atoms with Gasteiger partial charge in [-0.25, -0.2) is 12.8 Å². The molecule has 0 bridgehead atoms. The molecule has 0 aliphatic heterocycles. The smallest absolute Gasteiger partial charge is 0.154 e. The van der Waals surface area contributed by atoms with Crippen LogP contribution in [0.2, 0.25) is 0 Å². The van der Waals surface area contributed by atoms with E-state index in [1.54, 1.807) is 13.8 Å². The number of methoxy groups -OCH3 is 1. The number of hydrogen-bond donors (Lipinski definition) is 2. The highest BCUT2D eigenvalue weighted by Crippen LogP contribution is 2.29. The van der Waals surface area contributed by atoms with Crippen LogP contribution < -0.4 is 15.8 Å². The first-order chi connectivity index (χ1) is 8.58. The third kappa shape index (κ3) is 3.50. The molecule has 5 nitrogen and oxygen atoms in total. The molecule has 1 aromatic carbocycles. The maximum absolute atomic E-state index is 13.7. The first-order valence-corrected chi connectivity index (χ1v) is 7.54. The third-order valence-electron chi connectivity index (χ3n) is 3.03. The van der Waals surface area contributed by atoms with Gasteiger partial charge in [0.2, 0.25) is 0 Å². The number of nitrogens with one attached hydrogen (secondary N) is 1. The van der Waals surface area contributed by atoms with E-state index in [1.807, 2.05) is 0 Å². The summed E-state index contributed by atoms with van der Waals surface area (Å²) in [6.07, 6.45) is 1.15. The molecule has 1 rings (SSSR count). The van der Waals surface area contributed by atoms with Crippen molar-refractivity contribution in [2.24, 2.45) is 0 Å². The van der Waals surface area contributed by atoms with E-state index in [-0.39, 0.29) is 17.9 Å². The van der Waals surface area contributed by atoms with Crippen molar-refractivity contribution >= 4 is 21.2 Å². The lowest BCUT2D eigenvalue weighted by Crippen LogP contribution is -2.38. The summed E-state index contributed by atoms with van der Waals surface area (Å²) in [5, 5.41) is 2.77. The Labute approximate surface area is 112 Å². The lowest BCUT2D eigenvalue weighted by atomic mass is 10.2. The van der Waals surface area contributed by atoms with E-state index in [0.717, 1.165) is 12.3 Å². The van der Waals surface area contributed by atoms with E-state index in [1.165, 1.54) is 13.2 Å². The molecule has 0 radical (unpaired) electrons. The molecule has 7 heteroatoms. The summed E-state index contributed by atoms with van der Waals surface area (Å²) in [6, 6.07) is 2.54. The summed E-state index contributed by atoms with van der Waals surface area (Å²) in [5.41, 5.74) is 5.91. The van der Waals surface area contributed by atoms with Gasteiger partial charge < -0.3 is 15.8 Å². The minimum atomic E-state index is -3.25. The fraction of sp³-hybridized carbons (Fsp3) is 0.500. The highest BCUT2D eigenvalue weighted by Gasteiger charge is 2.30. The van der Waals surface area contributed by atoms with Crippen LogP contribution in [0.5, 0.6) is 5.75 Å². The molecule has 0 spiro atoms. The summed E-state index contributed by atoms with van der Waals surface area (Å²) < 4.78 is 40.8. The maximum atomic E-state index is 13.7. The van der Waals surface area contributed by atoms with Gasteiger partial charge in [-0.05, 0) is 13.8 Å². The number of rotatable bonds is 5. The molecule has 0 aromatic heterocycles. The van der Waals surface area contributed by atoms with Gasteiger partial charge in [-0.2, -0.15) is 0 Å². The van der Waals surface area contributed by atoms with Gasteiger partial charge in [0.05, 0.1) is 23.2 Å². The Kier molecular flexibility index (Phi) is 4.29. The number of sulfone groups is 1. The molecular weight excluding hydrogens is 271 g/mol. The van der Waals surface area contributed by atoms with Crippen molar-refractivity contribution in [1.29, 1.82) is 0 Å². The summed E-state index contributed by atoms with van der Waals surface area (Å²) in [4.78, 5) is 0. The van der Waals surface area contributed by atoms with Crippen molar-refractivity contribution in [3.8, 4) is 5.75 Å². The van der Waals surface area contributed by atoms with Crippen molar-refractivity contribution in [2.75, 3.05) is 31.0 Å². The number of halogens is 1. The minimum absolute atomic E-state index is 0.0792. The van der Waals surface area contributed by atoms with Crippen molar-refractivity contribution in [1.82, 2.24) is 0 Å². The fourth-order valence-electron chi connectivity index (χ4n) is 1.32. The fourth-order valence-corrected chi connectivity index (χ4v) is 1.65. The SMILES string of the molecule is COc1cc(NCC(C)(C)S(C)(=O)=O)c(F)cc1N. The summed E-state index contributed by atoms with van der Waals surface area (Å²) in [7, 11) is -1.83. The molecule has 0 saturated heterocycles. The van der Waals surface area contributed by atoms with E-state index in [9.17, 15) is 12.8 Å². The Hall–Kier alpha value is -1.50. The van der Waals surface area contributed by atoms with Crippen LogP contribution >= 0.6 is 0 Å². The zero-order chi connectivity index (χ0) is 14.8. The molecule has 19 heavy (non-hydrogen) atoms. The molecule has 0 atom stereocenters. The molecule has 0 fully saturated rings. The Balaban J connectivity index is 2.96. The van der Waals surface area contributed by atoms with Gasteiger partial charge >= 0.3 is 0 Å². The molecule has 0 aliphatic rings. The number of anilines is 2. The Morgan fingerprint density at radius 3 is 2.47 bits per heavy atom. The van der Waals surface area contributed by atoms with E-state index in [2.05, 4.69) is 5.32 Å². The van der Waals surface area contributed by atoms with Gasteiger partial charge in [0, 0.05) is 24.9 Å². The standard InChI is InChI=1S/C12H19FN2O3S/c1-12(2,19(4,16)17)7-15-10-6-11(18-3)9(14)5-8(10)13/h5-6,15H,7,14H2,1-4H3. The third-order valence-corrected chi connectivity index (χ3v) is 5.18. The zero-order valence-corrected chi connectivity index (χ0v) is 12.3. The highest BCUT2D eigenvalue weighted by atomic mass is 32.2. The lowest BCUT2D eigenvalue weighted by molar-refractivity contribution is 0.416. The molecule has 0 saturated carbocycles. The molecule has 0 unspecified atom stereocenters. The Bertz CT molecular complexity index is 571. The lowest BCUT2D eigenvalue weighted by Gasteiger charge is -2.23. The number of nitrogens with two attached hydrogens (primary N) is 1. The molecule has 1 aromatic rings. The van der Waals surface area contributed by atoms with E-state index in [0.29, 0.717) is 5.75 Å². The number of hydrogen-bond acceptors (Lipinski definition) is 5. The quantitative estimate of drug-likeness (QED) is 0.806. The van der Waals surface area contributed by atoms with Crippen LogP contribution in [0.15, 0.2) is 12.1 Å². The van der Waals surface area contributed by atoms with Crippen LogP contribution in [0.3, 0.4) is 0 Å². The Morgan fingerprint density at radius 1 is 1.42 bits per heavy atom. The molecule has 108 valence electrons. The topological polar surface area (TPSA) is 81.4 Å². The predicted octanol–water partition coefficient (Wildman–Crippen LogP) is 1.65. The number of nitrogen functional groups attached to an aromatic ring is 1. The largest absolute Gasteiger partial charge is 0.495 e. The molecule has 3 N–H and O–H groups in total. The number of benzene rings is 1. The maximum Gasteiger partial charge on any atom is 0.154 e. The second kappa shape index (κ2) is 5.24. The van der Waals surface area contributed by atoms with Gasteiger partial charge in [0.15, 0.2) is 9.84 Å². The van der Waals surface area contributed by atoms with Crippen molar-refractivity contribution in [3.05, 3.63) is 17.9 Å². The van der Waals surface area contributed by atoms with Gasteiger partial charge in [0.25, 0.3) is 0 Å². The van der Waals surface area contributed by atoms with Crippen LogP contribution in [0.1, 0.15) is 13.8 Å². The summed E-state index contributed by atoms with van der Waals surface area (Å²) >= 11 is 0. The zero-order valence-electron chi connectivity index (χ0n) is 11.5. The van der Waals surface area contributed by atoms with E-state index >= 15 is 0 Å². The minimum Gasteiger partial charge on any atom is -0.495 e. The number of ether oxygens (including phenoxy) is 1. The van der Waals surface area contributed by atoms with Crippen molar-refractivity contribution in [3.63, 3.8) is 0 Å². The highest BCUT2D eigenvalue weighted by molar-refractivity contribution is 7.92. The van der Waals surface area contributed by atoms with Gasteiger partial charge in [-0.3, -0.25) is 0 Å². The molecule has 0 aliphatic carbocycles. The Morgan fingerprint density at radius 2 is 2.00 bits per heavy atom. The predicted molar refractivity (Wildman–Crippen MR) is 74.8 cm³/mol. The average molecular weight is 290 g/mol. The van der Waals surface area contributed by atoms with Gasteiger partial charge in [-0.1, -0.05) is 0 Å². The molecular formula is C12H19FN2O3S. The van der Waals surface area contributed by atoms with Crippen LogP contribution in [0.25, 0.3) is 0 Å². The molecule has 0 heterocycles. The van der Waals surface area contributed by atoms with Crippen LogP contribution in [-0.4, -0.2) is 33.1 Å². The normalized spacial score (nSPS) is 12.3. The van der Waals surface area contributed by atoms with Crippen LogP contribution in [0, 0.1) is 5.82 Å². The average Bonchev–Trinajstić information content (AvgIpc) is 2.26. The second-order valence-corrected chi connectivity index (χ2v) is 7.61. The first-order valence-electron chi connectivity index (χ1n) is 5.65. The second-order valence-electron chi connectivity index (χ2n) is 4.96. The van der Waals surface area contributed by atoms with E-state index in [4.69, 9.17) is 10.5 Å². The van der Waals surface area contributed by atoms with Crippen LogP contribution in [0.4, 0.5) is 15.8 Å². The monoisotopic (exact) mass is 290 g/mol. The summed E-state index contributed by atoms with van der Waals surface area (Å²) in [5.74, 6) is -0.219. The first kappa shape index (κ1) is 15.6. The summed E-state index contributed by atoms with van der Waals surface area (Å²) in [6.45, 7) is 3.22. The van der Waals surface area contributed by atoms with Crippen molar-refractivity contribution < 1.29 is 17.5 Å². The van der Waals surface area contributed by atoms with E-state index < -0.39 is 20.4 Å². The van der Waals surface area contributed by atoms with Gasteiger partial charge in [-0.15, -0.1) is 0 Å². The van der Waals surface area contributed by atoms with Crippen molar-refractivity contribution in [2.45, 2.75) is 18.6 Å². The molecule has 0 amide bonds.